The standard InChI is InChI=1S/C13H10N2O3S/c16-12(10-7-14-11(19-10)13(17)18)15-6-5-8-3-1-2-4-9(8)15/h1-4,7H,5-6H2,(H,17,18). The van der Waals surface area contributed by atoms with Crippen LogP contribution in [-0.2, 0) is 6.42 Å². The average Bonchev–Trinajstić information content (AvgIpc) is 3.05. The number of aromatic carboxylic acids is 1. The lowest BCUT2D eigenvalue weighted by atomic mass is 10.2. The first-order valence-corrected chi connectivity index (χ1v) is 6.57. The van der Waals surface area contributed by atoms with Crippen LogP contribution in [0, 0.1) is 0 Å². The van der Waals surface area contributed by atoms with Gasteiger partial charge in [0.25, 0.3) is 5.91 Å². The number of rotatable bonds is 2. The molecule has 0 radical (unpaired) electrons. The second-order valence-electron chi connectivity index (χ2n) is 4.17. The van der Waals surface area contributed by atoms with Gasteiger partial charge < -0.3 is 10.0 Å². The number of nitrogens with zero attached hydrogens (tertiary/aromatic N) is 2. The Hall–Kier alpha value is -2.21. The molecule has 0 atom stereocenters. The van der Waals surface area contributed by atoms with E-state index in [4.69, 9.17) is 5.11 Å². The Kier molecular flexibility index (Phi) is 2.79. The highest BCUT2D eigenvalue weighted by Gasteiger charge is 2.27. The number of aromatic nitrogens is 1. The van der Waals surface area contributed by atoms with Crippen molar-refractivity contribution in [2.24, 2.45) is 0 Å². The molecule has 1 aliphatic rings. The van der Waals surface area contributed by atoms with Gasteiger partial charge in [-0.25, -0.2) is 9.78 Å². The molecule has 1 aliphatic heterocycles. The Balaban J connectivity index is 1.91. The van der Waals surface area contributed by atoms with Gasteiger partial charge in [0.05, 0.1) is 6.20 Å². The van der Waals surface area contributed by atoms with Crippen LogP contribution in [0.25, 0.3) is 0 Å². The maximum absolute atomic E-state index is 12.3. The number of hydrogen-bond donors (Lipinski definition) is 1. The smallest absolute Gasteiger partial charge is 0.365 e. The number of thiazole rings is 1. The van der Waals surface area contributed by atoms with E-state index in [1.807, 2.05) is 24.3 Å². The molecule has 19 heavy (non-hydrogen) atoms. The molecule has 0 saturated carbocycles. The van der Waals surface area contributed by atoms with Crippen molar-refractivity contribution in [3.63, 3.8) is 0 Å². The first kappa shape index (κ1) is 11.9. The van der Waals surface area contributed by atoms with Gasteiger partial charge in [0.2, 0.25) is 5.01 Å². The molecule has 0 fully saturated rings. The van der Waals surface area contributed by atoms with Crippen molar-refractivity contribution in [3.05, 3.63) is 45.9 Å². The average molecular weight is 274 g/mol. The van der Waals surface area contributed by atoms with Gasteiger partial charge in [-0.1, -0.05) is 18.2 Å². The highest BCUT2D eigenvalue weighted by atomic mass is 32.1. The van der Waals surface area contributed by atoms with Gasteiger partial charge >= 0.3 is 5.97 Å². The van der Waals surface area contributed by atoms with Gasteiger partial charge in [0, 0.05) is 12.2 Å². The Morgan fingerprint density at radius 1 is 1.32 bits per heavy atom. The summed E-state index contributed by atoms with van der Waals surface area (Å²) in [6.45, 7) is 0.623. The topological polar surface area (TPSA) is 70.5 Å². The maximum atomic E-state index is 12.3. The van der Waals surface area contributed by atoms with E-state index in [2.05, 4.69) is 4.98 Å². The van der Waals surface area contributed by atoms with Crippen LogP contribution in [0.5, 0.6) is 0 Å². The van der Waals surface area contributed by atoms with Crippen LogP contribution in [-0.4, -0.2) is 28.5 Å². The largest absolute Gasteiger partial charge is 0.476 e. The highest BCUT2D eigenvalue weighted by Crippen LogP contribution is 2.29. The van der Waals surface area contributed by atoms with Crippen LogP contribution in [0.15, 0.2) is 30.5 Å². The molecule has 96 valence electrons. The molecular formula is C13H10N2O3S. The Labute approximate surface area is 113 Å². The number of carboxylic acid groups (broad SMARTS) is 1. The van der Waals surface area contributed by atoms with E-state index >= 15 is 0 Å². The third-order valence-electron chi connectivity index (χ3n) is 3.03. The van der Waals surface area contributed by atoms with Crippen molar-refractivity contribution in [2.75, 3.05) is 11.4 Å². The predicted molar refractivity (Wildman–Crippen MR) is 70.9 cm³/mol. The zero-order chi connectivity index (χ0) is 13.4. The highest BCUT2D eigenvalue weighted by molar-refractivity contribution is 7.15. The van der Waals surface area contributed by atoms with E-state index in [-0.39, 0.29) is 10.9 Å². The summed E-state index contributed by atoms with van der Waals surface area (Å²) in [6, 6.07) is 7.74. The Morgan fingerprint density at radius 3 is 2.84 bits per heavy atom. The number of anilines is 1. The van der Waals surface area contributed by atoms with Crippen molar-refractivity contribution in [1.29, 1.82) is 0 Å². The fourth-order valence-electron chi connectivity index (χ4n) is 2.15. The van der Waals surface area contributed by atoms with Crippen LogP contribution in [0.3, 0.4) is 0 Å². The number of amides is 1. The van der Waals surface area contributed by atoms with Crippen molar-refractivity contribution >= 4 is 28.9 Å². The summed E-state index contributed by atoms with van der Waals surface area (Å²) in [5, 5.41) is 8.77. The maximum Gasteiger partial charge on any atom is 0.365 e. The minimum atomic E-state index is -1.11. The molecule has 2 aromatic rings. The molecule has 1 aromatic heterocycles. The SMILES string of the molecule is O=C(O)c1ncc(C(=O)N2CCc3ccccc32)s1. The zero-order valence-electron chi connectivity index (χ0n) is 9.87. The second kappa shape index (κ2) is 4.47. The van der Waals surface area contributed by atoms with E-state index in [9.17, 15) is 9.59 Å². The predicted octanol–water partition coefficient (Wildman–Crippen LogP) is 2.04. The van der Waals surface area contributed by atoms with Crippen molar-refractivity contribution < 1.29 is 14.7 Å². The van der Waals surface area contributed by atoms with E-state index in [0.717, 1.165) is 29.0 Å². The van der Waals surface area contributed by atoms with Gasteiger partial charge in [0.1, 0.15) is 4.88 Å². The molecular weight excluding hydrogens is 264 g/mol. The summed E-state index contributed by atoms with van der Waals surface area (Å²) >= 11 is 0.909. The van der Waals surface area contributed by atoms with Crippen LogP contribution >= 0.6 is 11.3 Å². The van der Waals surface area contributed by atoms with E-state index in [1.165, 1.54) is 6.20 Å². The van der Waals surface area contributed by atoms with Gasteiger partial charge in [0.15, 0.2) is 0 Å². The number of para-hydroxylation sites is 1. The number of carboxylic acids is 1. The quantitative estimate of drug-likeness (QED) is 0.909. The van der Waals surface area contributed by atoms with Gasteiger partial charge in [-0.2, -0.15) is 0 Å². The Morgan fingerprint density at radius 2 is 2.11 bits per heavy atom. The summed E-state index contributed by atoms with van der Waals surface area (Å²) < 4.78 is 0. The molecule has 1 N–H and O–H groups in total. The summed E-state index contributed by atoms with van der Waals surface area (Å²) in [6.07, 6.45) is 2.16. The lowest BCUT2D eigenvalue weighted by Crippen LogP contribution is -2.28. The van der Waals surface area contributed by atoms with Crippen molar-refractivity contribution in [2.45, 2.75) is 6.42 Å². The molecule has 1 amide bonds. The Bertz CT molecular complexity index is 665. The minimum absolute atomic E-state index is 0.0594. The van der Waals surface area contributed by atoms with Crippen molar-refractivity contribution in [1.82, 2.24) is 4.98 Å². The fourth-order valence-corrected chi connectivity index (χ4v) is 2.86. The minimum Gasteiger partial charge on any atom is -0.476 e. The summed E-state index contributed by atoms with van der Waals surface area (Å²) in [5.41, 5.74) is 2.04. The van der Waals surface area contributed by atoms with Gasteiger partial charge in [-0.05, 0) is 18.1 Å². The number of carbonyl (C=O) groups is 2. The van der Waals surface area contributed by atoms with Crippen LogP contribution < -0.4 is 4.90 Å². The molecule has 2 heterocycles. The second-order valence-corrected chi connectivity index (χ2v) is 5.20. The first-order valence-electron chi connectivity index (χ1n) is 5.75. The molecule has 1 aromatic carbocycles. The zero-order valence-corrected chi connectivity index (χ0v) is 10.7. The molecule has 3 rings (SSSR count). The van der Waals surface area contributed by atoms with E-state index in [0.29, 0.717) is 11.4 Å². The number of hydrogen-bond acceptors (Lipinski definition) is 4. The third-order valence-corrected chi connectivity index (χ3v) is 4.01. The van der Waals surface area contributed by atoms with Gasteiger partial charge in [-0.15, -0.1) is 11.3 Å². The van der Waals surface area contributed by atoms with E-state index < -0.39 is 5.97 Å². The molecule has 5 nitrogen and oxygen atoms in total. The molecule has 0 unspecified atom stereocenters. The fraction of sp³-hybridized carbons (Fsp3) is 0.154. The van der Waals surface area contributed by atoms with Gasteiger partial charge in [-0.3, -0.25) is 4.79 Å². The molecule has 0 aliphatic carbocycles. The summed E-state index contributed by atoms with van der Waals surface area (Å²) in [5.74, 6) is -1.29. The van der Waals surface area contributed by atoms with E-state index in [1.54, 1.807) is 4.90 Å². The number of benzene rings is 1. The molecule has 0 saturated heterocycles. The number of carbonyl (C=O) groups excluding carboxylic acids is 1. The summed E-state index contributed by atoms with van der Waals surface area (Å²) in [7, 11) is 0. The monoisotopic (exact) mass is 274 g/mol. The lowest BCUT2D eigenvalue weighted by molar-refractivity contribution is 0.0696. The normalized spacial score (nSPS) is 13.4. The van der Waals surface area contributed by atoms with Crippen LogP contribution in [0.2, 0.25) is 0 Å². The molecule has 6 heteroatoms. The lowest BCUT2D eigenvalue weighted by Gasteiger charge is -2.15. The first-order chi connectivity index (χ1) is 9.16. The third kappa shape index (κ3) is 2.00. The molecule has 0 bridgehead atoms. The van der Waals surface area contributed by atoms with Crippen LogP contribution in [0.1, 0.15) is 25.0 Å². The van der Waals surface area contributed by atoms with Crippen LogP contribution in [0.4, 0.5) is 5.69 Å². The van der Waals surface area contributed by atoms with Crippen molar-refractivity contribution in [3.8, 4) is 0 Å². The summed E-state index contributed by atoms with van der Waals surface area (Å²) in [4.78, 5) is 28.9. The number of fused-ring (bicyclic) bond motifs is 1. The molecule has 0 spiro atoms.